The molecule has 122 valence electrons. The first kappa shape index (κ1) is 15.5. The molecule has 2 aromatic heterocycles. The highest BCUT2D eigenvalue weighted by atomic mass is 16.2. The van der Waals surface area contributed by atoms with E-state index in [-0.39, 0.29) is 6.03 Å². The van der Waals surface area contributed by atoms with Gasteiger partial charge in [-0.1, -0.05) is 0 Å². The molecule has 0 bridgehead atoms. The Bertz CT molecular complexity index is 668. The number of nitrogens with zero attached hydrogens (tertiary/aromatic N) is 3. The van der Waals surface area contributed by atoms with Gasteiger partial charge in [-0.3, -0.25) is 4.98 Å². The van der Waals surface area contributed by atoms with Crippen molar-refractivity contribution in [3.63, 3.8) is 0 Å². The van der Waals surface area contributed by atoms with Crippen LogP contribution in [-0.2, 0) is 6.54 Å². The number of rotatable bonds is 3. The lowest BCUT2D eigenvalue weighted by Gasteiger charge is -2.32. The van der Waals surface area contributed by atoms with Crippen LogP contribution in [0.15, 0.2) is 24.7 Å². The summed E-state index contributed by atoms with van der Waals surface area (Å²) in [5.74, 6) is 1.27. The monoisotopic (exact) mass is 313 g/mol. The minimum atomic E-state index is -0.0127. The summed E-state index contributed by atoms with van der Waals surface area (Å²) in [5, 5.41) is 3.01. The largest absolute Gasteiger partial charge is 0.348 e. The number of hydrogen-bond acceptors (Lipinski definition) is 3. The number of aryl methyl sites for hydroxylation is 2. The second-order valence-corrected chi connectivity index (χ2v) is 6.17. The van der Waals surface area contributed by atoms with E-state index in [4.69, 9.17) is 0 Å². The SMILES string of the molecule is Cc1cc(C)c(CNC(=O)N2CCCC(c3ncc[nH]3)C2)cn1. The van der Waals surface area contributed by atoms with Crippen LogP contribution in [0.4, 0.5) is 4.79 Å². The molecule has 1 aliphatic heterocycles. The molecule has 0 aromatic carbocycles. The number of H-pyrrole nitrogens is 1. The lowest BCUT2D eigenvalue weighted by Crippen LogP contribution is -2.44. The van der Waals surface area contributed by atoms with E-state index < -0.39 is 0 Å². The van der Waals surface area contributed by atoms with Crippen LogP contribution < -0.4 is 5.32 Å². The van der Waals surface area contributed by atoms with E-state index in [1.807, 2.05) is 37.2 Å². The van der Waals surface area contributed by atoms with E-state index in [1.165, 1.54) is 0 Å². The van der Waals surface area contributed by atoms with Crippen molar-refractivity contribution in [2.24, 2.45) is 0 Å². The second-order valence-electron chi connectivity index (χ2n) is 6.17. The van der Waals surface area contributed by atoms with Gasteiger partial charge in [0.2, 0.25) is 0 Å². The summed E-state index contributed by atoms with van der Waals surface area (Å²) in [7, 11) is 0. The van der Waals surface area contributed by atoms with Crippen LogP contribution in [0.3, 0.4) is 0 Å². The number of nitrogens with one attached hydrogen (secondary N) is 2. The van der Waals surface area contributed by atoms with Crippen molar-refractivity contribution < 1.29 is 4.79 Å². The quantitative estimate of drug-likeness (QED) is 0.914. The molecule has 3 rings (SSSR count). The van der Waals surface area contributed by atoms with E-state index in [9.17, 15) is 4.79 Å². The number of aromatic amines is 1. The van der Waals surface area contributed by atoms with Crippen molar-refractivity contribution in [2.45, 2.75) is 39.2 Å². The maximum absolute atomic E-state index is 12.4. The number of aromatic nitrogens is 3. The molecule has 1 atom stereocenters. The van der Waals surface area contributed by atoms with Gasteiger partial charge in [-0.2, -0.15) is 0 Å². The third-order valence-electron chi connectivity index (χ3n) is 4.40. The molecule has 6 heteroatoms. The highest BCUT2D eigenvalue weighted by Gasteiger charge is 2.25. The highest BCUT2D eigenvalue weighted by Crippen LogP contribution is 2.24. The predicted octanol–water partition coefficient (Wildman–Crippen LogP) is 2.51. The Labute approximate surface area is 136 Å². The first-order valence-corrected chi connectivity index (χ1v) is 8.07. The summed E-state index contributed by atoms with van der Waals surface area (Å²) in [5.41, 5.74) is 3.21. The van der Waals surface area contributed by atoms with Gasteiger partial charge in [0, 0.05) is 49.8 Å². The Morgan fingerprint density at radius 1 is 1.43 bits per heavy atom. The zero-order chi connectivity index (χ0) is 16.2. The van der Waals surface area contributed by atoms with Gasteiger partial charge in [0.1, 0.15) is 5.82 Å². The fourth-order valence-electron chi connectivity index (χ4n) is 3.08. The van der Waals surface area contributed by atoms with Gasteiger partial charge < -0.3 is 15.2 Å². The van der Waals surface area contributed by atoms with Gasteiger partial charge in [-0.05, 0) is 43.9 Å². The summed E-state index contributed by atoms with van der Waals surface area (Å²) >= 11 is 0. The molecule has 6 nitrogen and oxygen atoms in total. The van der Waals surface area contributed by atoms with Crippen molar-refractivity contribution in [3.05, 3.63) is 47.3 Å². The van der Waals surface area contributed by atoms with Crippen LogP contribution in [-0.4, -0.2) is 39.0 Å². The predicted molar refractivity (Wildman–Crippen MR) is 88.1 cm³/mol. The fourth-order valence-corrected chi connectivity index (χ4v) is 3.08. The van der Waals surface area contributed by atoms with Crippen molar-refractivity contribution in [3.8, 4) is 0 Å². The minimum Gasteiger partial charge on any atom is -0.348 e. The number of pyridine rings is 1. The smallest absolute Gasteiger partial charge is 0.317 e. The van der Waals surface area contributed by atoms with Crippen LogP contribution in [0.2, 0.25) is 0 Å². The number of imidazole rings is 1. The van der Waals surface area contributed by atoms with Crippen LogP contribution in [0.1, 0.15) is 41.4 Å². The molecule has 23 heavy (non-hydrogen) atoms. The van der Waals surface area contributed by atoms with Crippen LogP contribution in [0.25, 0.3) is 0 Å². The number of carbonyl (C=O) groups excluding carboxylic acids is 1. The minimum absolute atomic E-state index is 0.0127. The zero-order valence-corrected chi connectivity index (χ0v) is 13.7. The summed E-state index contributed by atoms with van der Waals surface area (Å²) in [6.07, 6.45) is 7.51. The summed E-state index contributed by atoms with van der Waals surface area (Å²) in [6, 6.07) is 2.02. The maximum atomic E-state index is 12.4. The van der Waals surface area contributed by atoms with E-state index >= 15 is 0 Å². The van der Waals surface area contributed by atoms with Gasteiger partial charge in [-0.15, -0.1) is 0 Å². The van der Waals surface area contributed by atoms with E-state index in [2.05, 4.69) is 20.3 Å². The number of likely N-dealkylation sites (tertiary alicyclic amines) is 1. The lowest BCUT2D eigenvalue weighted by molar-refractivity contribution is 0.178. The molecule has 0 spiro atoms. The van der Waals surface area contributed by atoms with Crippen molar-refractivity contribution in [2.75, 3.05) is 13.1 Å². The highest BCUT2D eigenvalue weighted by molar-refractivity contribution is 5.74. The second kappa shape index (κ2) is 6.81. The number of carbonyl (C=O) groups is 1. The number of urea groups is 1. The Morgan fingerprint density at radius 2 is 2.30 bits per heavy atom. The molecule has 1 unspecified atom stereocenters. The van der Waals surface area contributed by atoms with Crippen LogP contribution in [0.5, 0.6) is 0 Å². The van der Waals surface area contributed by atoms with Crippen LogP contribution >= 0.6 is 0 Å². The Balaban J connectivity index is 1.57. The standard InChI is InChI=1S/C17H23N5O/c1-12-8-13(2)20-9-15(12)10-21-17(23)22-7-3-4-14(11-22)16-18-5-6-19-16/h5-6,8-9,14H,3-4,7,10-11H2,1-2H3,(H,18,19)(H,21,23). The summed E-state index contributed by atoms with van der Waals surface area (Å²) in [6.45, 7) is 6.04. The van der Waals surface area contributed by atoms with Gasteiger partial charge in [-0.25, -0.2) is 9.78 Å². The number of piperidine rings is 1. The Morgan fingerprint density at radius 3 is 3.04 bits per heavy atom. The molecule has 2 N–H and O–H groups in total. The third-order valence-corrected chi connectivity index (χ3v) is 4.40. The normalized spacial score (nSPS) is 18.0. The molecule has 2 aromatic rings. The van der Waals surface area contributed by atoms with Crippen molar-refractivity contribution >= 4 is 6.03 Å². The maximum Gasteiger partial charge on any atom is 0.317 e. The van der Waals surface area contributed by atoms with E-state index in [1.54, 1.807) is 6.20 Å². The van der Waals surface area contributed by atoms with Crippen molar-refractivity contribution in [1.29, 1.82) is 0 Å². The molecule has 1 saturated heterocycles. The average Bonchev–Trinajstić information content (AvgIpc) is 3.08. The molecule has 1 aliphatic rings. The van der Waals surface area contributed by atoms with Crippen LogP contribution in [0, 0.1) is 13.8 Å². The fraction of sp³-hybridized carbons (Fsp3) is 0.471. The third kappa shape index (κ3) is 3.70. The average molecular weight is 313 g/mol. The molecule has 3 heterocycles. The Kier molecular flexibility index (Phi) is 4.60. The molecule has 0 saturated carbocycles. The van der Waals surface area contributed by atoms with Gasteiger partial charge >= 0.3 is 6.03 Å². The topological polar surface area (TPSA) is 73.9 Å². The molecule has 1 fully saturated rings. The van der Waals surface area contributed by atoms with Gasteiger partial charge in [0.05, 0.1) is 0 Å². The van der Waals surface area contributed by atoms with E-state index in [0.717, 1.165) is 42.0 Å². The molecule has 0 radical (unpaired) electrons. The molecular formula is C17H23N5O. The van der Waals surface area contributed by atoms with Gasteiger partial charge in [0.25, 0.3) is 0 Å². The zero-order valence-electron chi connectivity index (χ0n) is 13.7. The molecule has 2 amide bonds. The Hall–Kier alpha value is -2.37. The first-order valence-electron chi connectivity index (χ1n) is 8.07. The van der Waals surface area contributed by atoms with E-state index in [0.29, 0.717) is 19.0 Å². The lowest BCUT2D eigenvalue weighted by atomic mass is 9.98. The molecular weight excluding hydrogens is 290 g/mol. The van der Waals surface area contributed by atoms with Crippen molar-refractivity contribution in [1.82, 2.24) is 25.2 Å². The number of amides is 2. The molecule has 0 aliphatic carbocycles. The number of hydrogen-bond donors (Lipinski definition) is 2. The summed E-state index contributed by atoms with van der Waals surface area (Å²) < 4.78 is 0. The first-order chi connectivity index (χ1) is 11.1. The van der Waals surface area contributed by atoms with Gasteiger partial charge in [0.15, 0.2) is 0 Å². The summed E-state index contributed by atoms with van der Waals surface area (Å²) in [4.78, 5) is 26.1.